The number of fused-ring (bicyclic) bond motifs is 1. The van der Waals surface area contributed by atoms with E-state index in [1.54, 1.807) is 30.1 Å². The topological polar surface area (TPSA) is 70.1 Å². The van der Waals surface area contributed by atoms with Crippen molar-refractivity contribution in [3.05, 3.63) is 23.8 Å². The number of hydrazone groups is 1. The van der Waals surface area contributed by atoms with Gasteiger partial charge in [0, 0.05) is 20.1 Å². The molecule has 1 aromatic rings. The minimum Gasteiger partial charge on any atom is -0.337 e. The van der Waals surface area contributed by atoms with E-state index >= 15 is 0 Å². The van der Waals surface area contributed by atoms with Crippen molar-refractivity contribution in [1.29, 1.82) is 0 Å². The van der Waals surface area contributed by atoms with Crippen molar-refractivity contribution in [3.63, 3.8) is 0 Å². The molecule has 0 bridgehead atoms. The van der Waals surface area contributed by atoms with E-state index in [-0.39, 0.29) is 9.94 Å². The maximum Gasteiger partial charge on any atom is 0.286 e. The van der Waals surface area contributed by atoms with Crippen LogP contribution in [0.1, 0.15) is 31.2 Å². The first-order valence-corrected chi connectivity index (χ1v) is 9.37. The molecular weight excluding hydrogens is 314 g/mol. The number of likely N-dealkylation sites (tertiary alicyclic amines) is 1. The lowest BCUT2D eigenvalue weighted by Crippen LogP contribution is -2.43. The predicted octanol–water partition coefficient (Wildman–Crippen LogP) is 1.93. The maximum atomic E-state index is 12.8. The molecule has 0 N–H and O–H groups in total. The van der Waals surface area contributed by atoms with E-state index in [1.807, 2.05) is 6.92 Å². The molecule has 0 atom stereocenters. The minimum atomic E-state index is -3.88. The van der Waals surface area contributed by atoms with E-state index in [9.17, 15) is 13.2 Å². The molecule has 23 heavy (non-hydrogen) atoms. The first-order chi connectivity index (χ1) is 10.9. The molecular formula is C16H21N3O3S. The zero-order valence-electron chi connectivity index (χ0n) is 13.4. The van der Waals surface area contributed by atoms with E-state index in [0.29, 0.717) is 18.8 Å². The largest absolute Gasteiger partial charge is 0.337 e. The van der Waals surface area contributed by atoms with Crippen LogP contribution in [0, 0.1) is 6.92 Å². The molecule has 6 nitrogen and oxygen atoms in total. The van der Waals surface area contributed by atoms with Gasteiger partial charge in [-0.1, -0.05) is 18.9 Å². The lowest BCUT2D eigenvalue weighted by molar-refractivity contribution is -0.123. The molecule has 0 radical (unpaired) electrons. The average Bonchev–Trinajstić information content (AvgIpc) is 2.79. The van der Waals surface area contributed by atoms with Gasteiger partial charge in [0.15, 0.2) is 0 Å². The second kappa shape index (κ2) is 5.96. The summed E-state index contributed by atoms with van der Waals surface area (Å²) in [5, 5.41) is 5.21. The van der Waals surface area contributed by atoms with Crippen LogP contribution >= 0.6 is 0 Å². The molecule has 0 aromatic heterocycles. The highest BCUT2D eigenvalue weighted by atomic mass is 32.2. The minimum absolute atomic E-state index is 0.152. The number of nitrogens with zero attached hydrogens (tertiary/aromatic N) is 3. The average molecular weight is 335 g/mol. The highest BCUT2D eigenvalue weighted by molar-refractivity contribution is 8.08. The molecule has 1 amide bonds. The van der Waals surface area contributed by atoms with Crippen LogP contribution in [0.25, 0.3) is 0 Å². The van der Waals surface area contributed by atoms with Crippen molar-refractivity contribution in [2.24, 2.45) is 5.10 Å². The van der Waals surface area contributed by atoms with Crippen molar-refractivity contribution >= 4 is 26.5 Å². The molecule has 1 saturated heterocycles. The Morgan fingerprint density at radius 2 is 1.78 bits per heavy atom. The molecule has 0 unspecified atom stereocenters. The Morgan fingerprint density at radius 3 is 2.43 bits per heavy atom. The Labute approximate surface area is 136 Å². The van der Waals surface area contributed by atoms with Gasteiger partial charge >= 0.3 is 0 Å². The van der Waals surface area contributed by atoms with Crippen LogP contribution in [0.4, 0.5) is 5.69 Å². The Balaban J connectivity index is 2.00. The molecule has 2 heterocycles. The van der Waals surface area contributed by atoms with Crippen LogP contribution < -0.4 is 5.01 Å². The van der Waals surface area contributed by atoms with Crippen molar-refractivity contribution < 1.29 is 13.2 Å². The van der Waals surface area contributed by atoms with Crippen LogP contribution in [0.3, 0.4) is 0 Å². The lowest BCUT2D eigenvalue weighted by atomic mass is 10.2. The smallest absolute Gasteiger partial charge is 0.286 e. The maximum absolute atomic E-state index is 12.8. The van der Waals surface area contributed by atoms with Crippen molar-refractivity contribution in [2.45, 2.75) is 37.5 Å². The van der Waals surface area contributed by atoms with Gasteiger partial charge in [0.25, 0.3) is 5.91 Å². The highest BCUT2D eigenvalue weighted by Gasteiger charge is 2.38. The molecule has 0 spiro atoms. The van der Waals surface area contributed by atoms with E-state index < -0.39 is 15.7 Å². The summed E-state index contributed by atoms with van der Waals surface area (Å²) in [6, 6.07) is 5.06. The fourth-order valence-corrected chi connectivity index (χ4v) is 4.53. The Morgan fingerprint density at radius 1 is 1.13 bits per heavy atom. The number of rotatable bonds is 1. The zero-order valence-corrected chi connectivity index (χ0v) is 14.3. The van der Waals surface area contributed by atoms with Gasteiger partial charge in [-0.2, -0.15) is 5.10 Å². The van der Waals surface area contributed by atoms with Gasteiger partial charge in [0.05, 0.1) is 10.6 Å². The summed E-state index contributed by atoms with van der Waals surface area (Å²) in [6.07, 6.45) is 3.96. The van der Waals surface area contributed by atoms with Gasteiger partial charge in [-0.15, -0.1) is 0 Å². The third-order valence-electron chi connectivity index (χ3n) is 4.32. The fraction of sp³-hybridized carbons (Fsp3) is 0.500. The quantitative estimate of drug-likeness (QED) is 0.786. The van der Waals surface area contributed by atoms with E-state index in [4.69, 9.17) is 0 Å². The number of aryl methyl sites for hydroxylation is 1. The normalized spacial score (nSPS) is 20.5. The van der Waals surface area contributed by atoms with Crippen molar-refractivity contribution in [1.82, 2.24) is 4.90 Å². The van der Waals surface area contributed by atoms with E-state index in [0.717, 1.165) is 31.2 Å². The van der Waals surface area contributed by atoms with Crippen LogP contribution in [0.5, 0.6) is 0 Å². The SMILES string of the molecule is Cc1ccc2c(c1)N(C)N=C(C(=O)N1CCCCCC1)S2(=O)=O. The Kier molecular flexibility index (Phi) is 4.14. The van der Waals surface area contributed by atoms with Gasteiger partial charge in [-0.25, -0.2) is 8.42 Å². The summed E-state index contributed by atoms with van der Waals surface area (Å²) >= 11 is 0. The number of amides is 1. The number of carbonyl (C=O) groups is 1. The molecule has 7 heteroatoms. The molecule has 1 fully saturated rings. The summed E-state index contributed by atoms with van der Waals surface area (Å²) in [5.74, 6) is -0.482. The molecule has 1 aromatic carbocycles. The number of sulfone groups is 1. The number of anilines is 1. The second-order valence-corrected chi connectivity index (χ2v) is 7.94. The molecule has 3 rings (SSSR count). The summed E-state index contributed by atoms with van der Waals surface area (Å²) < 4.78 is 25.7. The van der Waals surface area contributed by atoms with Crippen LogP contribution in [0.15, 0.2) is 28.2 Å². The first-order valence-electron chi connectivity index (χ1n) is 7.88. The number of hydrogen-bond acceptors (Lipinski definition) is 5. The number of carbonyl (C=O) groups excluding carboxylic acids is 1. The second-order valence-electron chi connectivity index (χ2n) is 6.11. The molecule has 0 aliphatic carbocycles. The summed E-state index contributed by atoms with van der Waals surface area (Å²) in [6.45, 7) is 3.08. The number of hydrogen-bond donors (Lipinski definition) is 0. The van der Waals surface area contributed by atoms with Crippen LogP contribution in [-0.4, -0.2) is 44.4 Å². The monoisotopic (exact) mass is 335 g/mol. The Bertz CT molecular complexity index is 763. The van der Waals surface area contributed by atoms with Crippen molar-refractivity contribution in [2.75, 3.05) is 25.1 Å². The Hall–Kier alpha value is -1.89. The van der Waals surface area contributed by atoms with Gasteiger partial charge in [0.1, 0.15) is 0 Å². The van der Waals surface area contributed by atoms with Gasteiger partial charge < -0.3 is 4.90 Å². The lowest BCUT2D eigenvalue weighted by Gasteiger charge is -2.27. The number of benzene rings is 1. The van der Waals surface area contributed by atoms with Gasteiger partial charge in [0.2, 0.25) is 14.9 Å². The van der Waals surface area contributed by atoms with Crippen LogP contribution in [0.2, 0.25) is 0 Å². The predicted molar refractivity (Wildman–Crippen MR) is 89.3 cm³/mol. The summed E-state index contributed by atoms with van der Waals surface area (Å²) in [7, 11) is -2.21. The van der Waals surface area contributed by atoms with Crippen molar-refractivity contribution in [3.8, 4) is 0 Å². The summed E-state index contributed by atoms with van der Waals surface area (Å²) in [5.41, 5.74) is 1.46. The zero-order chi connectivity index (χ0) is 16.6. The van der Waals surface area contributed by atoms with Gasteiger partial charge in [-0.3, -0.25) is 9.80 Å². The first kappa shape index (κ1) is 16.0. The molecule has 0 saturated carbocycles. The highest BCUT2D eigenvalue weighted by Crippen LogP contribution is 2.32. The third-order valence-corrected chi connectivity index (χ3v) is 6.01. The molecule has 2 aliphatic heterocycles. The summed E-state index contributed by atoms with van der Waals surface area (Å²) in [4.78, 5) is 14.5. The molecule has 124 valence electrons. The van der Waals surface area contributed by atoms with Crippen LogP contribution in [-0.2, 0) is 14.6 Å². The fourth-order valence-electron chi connectivity index (χ4n) is 3.02. The molecule has 2 aliphatic rings. The third kappa shape index (κ3) is 2.85. The standard InChI is InChI=1S/C16H21N3O3S/c1-12-7-8-14-13(11-12)18(2)17-15(23(14,21)22)16(20)19-9-5-3-4-6-10-19/h7-8,11H,3-6,9-10H2,1-2H3. The van der Waals surface area contributed by atoms with E-state index in [2.05, 4.69) is 5.10 Å². The van der Waals surface area contributed by atoms with E-state index in [1.165, 1.54) is 5.01 Å². The van der Waals surface area contributed by atoms with Gasteiger partial charge in [-0.05, 0) is 37.5 Å².